The molecule has 2 aromatic heterocycles. The summed E-state index contributed by atoms with van der Waals surface area (Å²) in [6.45, 7) is 0.786. The molecular formula is C13H18N4O. The smallest absolute Gasteiger partial charge is 0.157 e. The van der Waals surface area contributed by atoms with Crippen molar-refractivity contribution >= 4 is 16.9 Å². The molecule has 1 fully saturated rings. The third-order valence-corrected chi connectivity index (χ3v) is 3.75. The van der Waals surface area contributed by atoms with Crippen LogP contribution in [-0.2, 0) is 7.05 Å². The predicted octanol–water partition coefficient (Wildman–Crippen LogP) is 1.32. The first-order chi connectivity index (χ1) is 8.81. The van der Waals surface area contributed by atoms with Crippen LogP contribution in [0.2, 0.25) is 0 Å². The highest BCUT2D eigenvalue weighted by molar-refractivity contribution is 5.86. The molecule has 96 valence electrons. The van der Waals surface area contributed by atoms with Crippen molar-refractivity contribution in [2.45, 2.75) is 25.3 Å². The van der Waals surface area contributed by atoms with E-state index in [-0.39, 0.29) is 6.61 Å². The van der Waals surface area contributed by atoms with Gasteiger partial charge < -0.3 is 14.6 Å². The second-order valence-electron chi connectivity index (χ2n) is 4.86. The molecule has 1 N–H and O–H groups in total. The third-order valence-electron chi connectivity index (χ3n) is 3.75. The van der Waals surface area contributed by atoms with Gasteiger partial charge in [0.2, 0.25) is 0 Å². The van der Waals surface area contributed by atoms with Gasteiger partial charge in [0.1, 0.15) is 5.52 Å². The summed E-state index contributed by atoms with van der Waals surface area (Å²) in [4.78, 5) is 11.1. The van der Waals surface area contributed by atoms with Crippen LogP contribution in [-0.4, -0.2) is 38.8 Å². The van der Waals surface area contributed by atoms with Gasteiger partial charge in [-0.05, 0) is 25.3 Å². The lowest BCUT2D eigenvalue weighted by Gasteiger charge is -2.38. The van der Waals surface area contributed by atoms with Crippen molar-refractivity contribution in [1.82, 2.24) is 14.5 Å². The van der Waals surface area contributed by atoms with Crippen molar-refractivity contribution in [2.75, 3.05) is 18.1 Å². The van der Waals surface area contributed by atoms with Crippen LogP contribution in [0, 0.1) is 0 Å². The minimum atomic E-state index is 0.154. The highest BCUT2D eigenvalue weighted by Gasteiger charge is 2.27. The van der Waals surface area contributed by atoms with E-state index in [1.807, 2.05) is 30.2 Å². The molecule has 0 aliphatic heterocycles. The van der Waals surface area contributed by atoms with Crippen LogP contribution in [0.5, 0.6) is 0 Å². The van der Waals surface area contributed by atoms with Crippen molar-refractivity contribution in [2.24, 2.45) is 7.05 Å². The number of rotatable bonds is 4. The van der Waals surface area contributed by atoms with Gasteiger partial charge in [-0.1, -0.05) is 0 Å². The summed E-state index contributed by atoms with van der Waals surface area (Å²) >= 11 is 0. The van der Waals surface area contributed by atoms with Gasteiger partial charge in [0.15, 0.2) is 5.82 Å². The van der Waals surface area contributed by atoms with Crippen molar-refractivity contribution in [1.29, 1.82) is 0 Å². The standard InChI is InChI=1S/C13H18N4O/c1-16-9-15-12-11(16)5-6-14-13(12)17(7-8-18)10-3-2-4-10/h5-6,9-10,18H,2-4,7-8H2,1H3. The highest BCUT2D eigenvalue weighted by atomic mass is 16.3. The number of pyridine rings is 1. The first-order valence-electron chi connectivity index (χ1n) is 6.45. The van der Waals surface area contributed by atoms with Crippen LogP contribution < -0.4 is 4.90 Å². The minimum Gasteiger partial charge on any atom is -0.395 e. The number of aryl methyl sites for hydroxylation is 1. The Morgan fingerprint density at radius 3 is 2.94 bits per heavy atom. The van der Waals surface area contributed by atoms with Gasteiger partial charge in [0.05, 0.1) is 18.5 Å². The maximum atomic E-state index is 9.25. The van der Waals surface area contributed by atoms with Gasteiger partial charge in [-0.3, -0.25) is 0 Å². The Bertz CT molecular complexity index is 547. The maximum absolute atomic E-state index is 9.25. The Labute approximate surface area is 106 Å². The predicted molar refractivity (Wildman–Crippen MR) is 70.6 cm³/mol. The van der Waals surface area contributed by atoms with Crippen molar-refractivity contribution < 1.29 is 5.11 Å². The number of hydrogen-bond acceptors (Lipinski definition) is 4. The van der Waals surface area contributed by atoms with Gasteiger partial charge >= 0.3 is 0 Å². The lowest BCUT2D eigenvalue weighted by molar-refractivity contribution is 0.283. The second-order valence-corrected chi connectivity index (χ2v) is 4.86. The van der Waals surface area contributed by atoms with E-state index in [0.717, 1.165) is 16.9 Å². The molecule has 18 heavy (non-hydrogen) atoms. The molecule has 5 nitrogen and oxygen atoms in total. The first kappa shape index (κ1) is 11.5. The van der Waals surface area contributed by atoms with E-state index in [1.54, 1.807) is 0 Å². The van der Waals surface area contributed by atoms with Crippen molar-refractivity contribution in [3.63, 3.8) is 0 Å². The molecule has 0 spiro atoms. The molecule has 0 saturated heterocycles. The summed E-state index contributed by atoms with van der Waals surface area (Å²) in [6.07, 6.45) is 7.27. The van der Waals surface area contributed by atoms with Gasteiger partial charge in [-0.2, -0.15) is 0 Å². The number of aliphatic hydroxyl groups excluding tert-OH is 1. The highest BCUT2D eigenvalue weighted by Crippen LogP contribution is 2.31. The molecule has 2 heterocycles. The Morgan fingerprint density at radius 2 is 2.28 bits per heavy atom. The average molecular weight is 246 g/mol. The summed E-state index contributed by atoms with van der Waals surface area (Å²) in [7, 11) is 1.98. The number of fused-ring (bicyclic) bond motifs is 1. The minimum absolute atomic E-state index is 0.154. The van der Waals surface area contributed by atoms with Gasteiger partial charge in [-0.15, -0.1) is 0 Å². The fourth-order valence-electron chi connectivity index (χ4n) is 2.53. The average Bonchev–Trinajstić information content (AvgIpc) is 2.69. The van der Waals surface area contributed by atoms with Crippen molar-refractivity contribution in [3.8, 4) is 0 Å². The van der Waals surface area contributed by atoms with E-state index in [0.29, 0.717) is 12.6 Å². The molecule has 0 aromatic carbocycles. The SMILES string of the molecule is Cn1cnc2c(N(CCO)C3CCC3)nccc21. The zero-order chi connectivity index (χ0) is 12.5. The zero-order valence-corrected chi connectivity index (χ0v) is 10.6. The fraction of sp³-hybridized carbons (Fsp3) is 0.538. The number of aliphatic hydroxyl groups is 1. The largest absolute Gasteiger partial charge is 0.395 e. The number of imidazole rings is 1. The van der Waals surface area contributed by atoms with Crippen LogP contribution in [0.25, 0.3) is 11.0 Å². The summed E-state index contributed by atoms with van der Waals surface area (Å²) < 4.78 is 2.00. The molecule has 0 bridgehead atoms. The molecule has 0 unspecified atom stereocenters. The van der Waals surface area contributed by atoms with E-state index < -0.39 is 0 Å². The Balaban J connectivity index is 2.04. The van der Waals surface area contributed by atoms with Crippen LogP contribution in [0.15, 0.2) is 18.6 Å². The Hall–Kier alpha value is -1.62. The van der Waals surface area contributed by atoms with Gasteiger partial charge in [0.25, 0.3) is 0 Å². The van der Waals surface area contributed by atoms with Gasteiger partial charge in [-0.25, -0.2) is 9.97 Å². The van der Waals surface area contributed by atoms with E-state index >= 15 is 0 Å². The maximum Gasteiger partial charge on any atom is 0.157 e. The van der Waals surface area contributed by atoms with Crippen molar-refractivity contribution in [3.05, 3.63) is 18.6 Å². The summed E-state index contributed by atoms with van der Waals surface area (Å²) in [5, 5.41) is 9.25. The molecule has 5 heteroatoms. The first-order valence-corrected chi connectivity index (χ1v) is 6.45. The monoisotopic (exact) mass is 246 g/mol. The number of hydrogen-bond donors (Lipinski definition) is 1. The molecule has 2 aromatic rings. The zero-order valence-electron chi connectivity index (χ0n) is 10.6. The molecule has 1 saturated carbocycles. The molecule has 0 radical (unpaired) electrons. The van der Waals surface area contributed by atoms with Crippen LogP contribution in [0.4, 0.5) is 5.82 Å². The molecule has 1 aliphatic carbocycles. The van der Waals surface area contributed by atoms with E-state index in [9.17, 15) is 5.11 Å². The fourth-order valence-corrected chi connectivity index (χ4v) is 2.53. The molecule has 3 rings (SSSR count). The van der Waals surface area contributed by atoms with Crippen LogP contribution in [0.1, 0.15) is 19.3 Å². The van der Waals surface area contributed by atoms with Crippen LogP contribution in [0.3, 0.4) is 0 Å². The summed E-state index contributed by atoms with van der Waals surface area (Å²) in [6, 6.07) is 2.49. The number of nitrogens with zero attached hydrogens (tertiary/aromatic N) is 4. The van der Waals surface area contributed by atoms with E-state index in [2.05, 4.69) is 14.9 Å². The summed E-state index contributed by atoms with van der Waals surface area (Å²) in [5.41, 5.74) is 2.02. The third kappa shape index (κ3) is 1.75. The lowest BCUT2D eigenvalue weighted by atomic mass is 9.91. The van der Waals surface area contributed by atoms with Gasteiger partial charge in [0, 0.05) is 25.8 Å². The quantitative estimate of drug-likeness (QED) is 0.884. The van der Waals surface area contributed by atoms with E-state index in [1.165, 1.54) is 19.3 Å². The Morgan fingerprint density at radius 1 is 1.44 bits per heavy atom. The second kappa shape index (κ2) is 4.57. The summed E-state index contributed by atoms with van der Waals surface area (Å²) in [5.74, 6) is 0.909. The molecule has 1 aliphatic rings. The lowest BCUT2D eigenvalue weighted by Crippen LogP contribution is -2.42. The number of anilines is 1. The van der Waals surface area contributed by atoms with Crippen LogP contribution >= 0.6 is 0 Å². The van der Waals surface area contributed by atoms with E-state index in [4.69, 9.17) is 0 Å². The Kier molecular flexibility index (Phi) is 2.91. The number of aromatic nitrogens is 3. The molecular weight excluding hydrogens is 228 g/mol. The topological polar surface area (TPSA) is 54.2 Å². The normalized spacial score (nSPS) is 15.9. The molecule has 0 amide bonds. The molecule has 0 atom stereocenters.